The van der Waals surface area contributed by atoms with Crippen LogP contribution in [0.15, 0.2) is 72.8 Å². The van der Waals surface area contributed by atoms with Crippen LogP contribution in [0.3, 0.4) is 0 Å². The van der Waals surface area contributed by atoms with Crippen molar-refractivity contribution in [1.82, 2.24) is 0 Å². The molecule has 5 heteroatoms. The predicted octanol–water partition coefficient (Wildman–Crippen LogP) is 4.49. The van der Waals surface area contributed by atoms with Crippen LogP contribution >= 0.6 is 0 Å². The van der Waals surface area contributed by atoms with Crippen LogP contribution in [0, 0.1) is 0 Å². The zero-order valence-electron chi connectivity index (χ0n) is 14.7. The molecule has 5 nitrogen and oxygen atoms in total. The largest absolute Gasteiger partial charge is 0.507 e. The fourth-order valence-electron chi connectivity index (χ4n) is 2.95. The first-order valence-electron chi connectivity index (χ1n) is 8.49. The number of anilines is 1. The SMILES string of the molecule is CC(c1ccccc1)c1cccc(C(=O)Nc2cccc(O)c2C(=O)O)c1. The van der Waals surface area contributed by atoms with Crippen molar-refractivity contribution in [1.29, 1.82) is 0 Å². The number of carboxylic acid groups (broad SMARTS) is 1. The van der Waals surface area contributed by atoms with E-state index in [2.05, 4.69) is 12.2 Å². The molecule has 136 valence electrons. The molecule has 0 bridgehead atoms. The molecule has 0 spiro atoms. The standard InChI is InChI=1S/C22H19NO4/c1-14(15-7-3-2-4-8-15)16-9-5-10-17(13-16)21(25)23-18-11-6-12-19(24)20(18)22(26)27/h2-14,24H,1H3,(H,23,25)(H,26,27). The molecule has 3 aromatic rings. The van der Waals surface area contributed by atoms with Crippen LogP contribution in [0.4, 0.5) is 5.69 Å². The molecule has 3 aromatic carbocycles. The third kappa shape index (κ3) is 3.98. The second kappa shape index (κ2) is 7.74. The Labute approximate surface area is 156 Å². The van der Waals surface area contributed by atoms with Gasteiger partial charge in [0.1, 0.15) is 11.3 Å². The van der Waals surface area contributed by atoms with Gasteiger partial charge in [-0.3, -0.25) is 4.79 Å². The summed E-state index contributed by atoms with van der Waals surface area (Å²) in [6, 6.07) is 21.3. The van der Waals surface area contributed by atoms with Crippen molar-refractivity contribution < 1.29 is 19.8 Å². The molecule has 3 N–H and O–H groups in total. The van der Waals surface area contributed by atoms with Gasteiger partial charge in [0.15, 0.2) is 0 Å². The van der Waals surface area contributed by atoms with Gasteiger partial charge in [-0.1, -0.05) is 55.5 Å². The Bertz CT molecular complexity index is 983. The number of aromatic carboxylic acids is 1. The summed E-state index contributed by atoms with van der Waals surface area (Å²) in [4.78, 5) is 24.0. The maximum absolute atomic E-state index is 12.6. The molecule has 0 aliphatic heterocycles. The van der Waals surface area contributed by atoms with E-state index in [1.165, 1.54) is 18.2 Å². The molecule has 3 rings (SSSR count). The lowest BCUT2D eigenvalue weighted by Gasteiger charge is -2.14. The first-order chi connectivity index (χ1) is 13.0. The van der Waals surface area contributed by atoms with Crippen LogP contribution in [0.5, 0.6) is 5.75 Å². The minimum absolute atomic E-state index is 0.0500. The van der Waals surface area contributed by atoms with Crippen molar-refractivity contribution in [2.24, 2.45) is 0 Å². The molecule has 27 heavy (non-hydrogen) atoms. The molecule has 1 amide bonds. The smallest absolute Gasteiger partial charge is 0.341 e. The summed E-state index contributed by atoms with van der Waals surface area (Å²) in [5.41, 5.74) is 2.24. The van der Waals surface area contributed by atoms with Crippen LogP contribution in [0.25, 0.3) is 0 Å². The van der Waals surface area contributed by atoms with Gasteiger partial charge in [-0.15, -0.1) is 0 Å². The molecule has 0 saturated heterocycles. The number of hydrogen-bond acceptors (Lipinski definition) is 3. The van der Waals surface area contributed by atoms with E-state index in [1.54, 1.807) is 18.2 Å². The third-order valence-corrected chi connectivity index (χ3v) is 4.45. The second-order valence-corrected chi connectivity index (χ2v) is 6.22. The molecule has 1 atom stereocenters. The number of phenols is 1. The molecule has 0 radical (unpaired) electrons. The quantitative estimate of drug-likeness (QED) is 0.625. The highest BCUT2D eigenvalue weighted by molar-refractivity contribution is 6.08. The lowest BCUT2D eigenvalue weighted by molar-refractivity contribution is 0.0695. The van der Waals surface area contributed by atoms with E-state index in [0.29, 0.717) is 5.56 Å². The number of rotatable bonds is 5. The summed E-state index contributed by atoms with van der Waals surface area (Å²) in [6.45, 7) is 2.06. The van der Waals surface area contributed by atoms with Crippen molar-refractivity contribution in [2.45, 2.75) is 12.8 Å². The Kier molecular flexibility index (Phi) is 5.22. The van der Waals surface area contributed by atoms with Gasteiger partial charge >= 0.3 is 5.97 Å². The molecule has 0 aliphatic carbocycles. The van der Waals surface area contributed by atoms with Gasteiger partial charge in [0.25, 0.3) is 5.91 Å². The van der Waals surface area contributed by atoms with E-state index in [1.807, 2.05) is 36.4 Å². The van der Waals surface area contributed by atoms with Gasteiger partial charge < -0.3 is 15.5 Å². The highest BCUT2D eigenvalue weighted by Crippen LogP contribution is 2.27. The molecular formula is C22H19NO4. The summed E-state index contributed by atoms with van der Waals surface area (Å²) in [5, 5.41) is 21.6. The molecular weight excluding hydrogens is 342 g/mol. The van der Waals surface area contributed by atoms with Gasteiger partial charge in [0.2, 0.25) is 0 Å². The Balaban J connectivity index is 1.87. The molecule has 0 heterocycles. The van der Waals surface area contributed by atoms with Crippen LogP contribution in [-0.4, -0.2) is 22.1 Å². The summed E-state index contributed by atoms with van der Waals surface area (Å²) in [6.07, 6.45) is 0. The maximum atomic E-state index is 12.6. The fourth-order valence-corrected chi connectivity index (χ4v) is 2.95. The summed E-state index contributed by atoms with van der Waals surface area (Å²) in [5.74, 6) is -2.04. The Morgan fingerprint density at radius 1 is 0.889 bits per heavy atom. The van der Waals surface area contributed by atoms with E-state index in [9.17, 15) is 19.8 Å². The first kappa shape index (κ1) is 18.2. The van der Waals surface area contributed by atoms with Gasteiger partial charge in [-0.2, -0.15) is 0 Å². The minimum Gasteiger partial charge on any atom is -0.507 e. The number of carbonyl (C=O) groups is 2. The summed E-state index contributed by atoms with van der Waals surface area (Å²) < 4.78 is 0. The number of amides is 1. The van der Waals surface area contributed by atoms with Crippen molar-refractivity contribution in [3.05, 3.63) is 95.1 Å². The number of benzene rings is 3. The van der Waals surface area contributed by atoms with E-state index in [4.69, 9.17) is 0 Å². The fraction of sp³-hybridized carbons (Fsp3) is 0.0909. The van der Waals surface area contributed by atoms with Crippen molar-refractivity contribution in [2.75, 3.05) is 5.32 Å². The van der Waals surface area contributed by atoms with Gasteiger partial charge in [-0.05, 0) is 35.4 Å². The lowest BCUT2D eigenvalue weighted by atomic mass is 9.92. The molecule has 0 aliphatic rings. The average molecular weight is 361 g/mol. The first-order valence-corrected chi connectivity index (χ1v) is 8.49. The Hall–Kier alpha value is -3.60. The van der Waals surface area contributed by atoms with Crippen molar-refractivity contribution in [3.63, 3.8) is 0 Å². The number of hydrogen-bond donors (Lipinski definition) is 3. The van der Waals surface area contributed by atoms with Crippen LogP contribution in [0.1, 0.15) is 44.7 Å². The van der Waals surface area contributed by atoms with Gasteiger partial charge in [0.05, 0.1) is 5.69 Å². The monoisotopic (exact) mass is 361 g/mol. The van der Waals surface area contributed by atoms with E-state index in [0.717, 1.165) is 11.1 Å². The van der Waals surface area contributed by atoms with Gasteiger partial charge in [0, 0.05) is 11.5 Å². The van der Waals surface area contributed by atoms with Crippen molar-refractivity contribution in [3.8, 4) is 5.75 Å². The molecule has 0 saturated carbocycles. The van der Waals surface area contributed by atoms with E-state index in [-0.39, 0.29) is 17.2 Å². The highest BCUT2D eigenvalue weighted by Gasteiger charge is 2.18. The third-order valence-electron chi connectivity index (χ3n) is 4.45. The molecule has 1 unspecified atom stereocenters. The van der Waals surface area contributed by atoms with Crippen LogP contribution in [0.2, 0.25) is 0 Å². The predicted molar refractivity (Wildman–Crippen MR) is 103 cm³/mol. The normalized spacial score (nSPS) is 11.6. The Morgan fingerprint density at radius 2 is 1.56 bits per heavy atom. The number of carboxylic acids is 1. The minimum atomic E-state index is -1.31. The topological polar surface area (TPSA) is 86.6 Å². The number of nitrogens with one attached hydrogen (secondary N) is 1. The second-order valence-electron chi connectivity index (χ2n) is 6.22. The zero-order valence-corrected chi connectivity index (χ0v) is 14.7. The lowest BCUT2D eigenvalue weighted by Crippen LogP contribution is -2.15. The molecule has 0 aromatic heterocycles. The molecule has 0 fully saturated rings. The summed E-state index contributed by atoms with van der Waals surface area (Å²) >= 11 is 0. The van der Waals surface area contributed by atoms with Crippen LogP contribution < -0.4 is 5.32 Å². The maximum Gasteiger partial charge on any atom is 0.341 e. The van der Waals surface area contributed by atoms with E-state index < -0.39 is 17.6 Å². The highest BCUT2D eigenvalue weighted by atomic mass is 16.4. The zero-order chi connectivity index (χ0) is 19.4. The van der Waals surface area contributed by atoms with E-state index >= 15 is 0 Å². The van der Waals surface area contributed by atoms with Gasteiger partial charge in [-0.25, -0.2) is 4.79 Å². The van der Waals surface area contributed by atoms with Crippen molar-refractivity contribution >= 4 is 17.6 Å². The number of carbonyl (C=O) groups excluding carboxylic acids is 1. The van der Waals surface area contributed by atoms with Crippen LogP contribution in [-0.2, 0) is 0 Å². The summed E-state index contributed by atoms with van der Waals surface area (Å²) in [7, 11) is 0. The number of aromatic hydroxyl groups is 1. The Morgan fingerprint density at radius 3 is 2.26 bits per heavy atom. The average Bonchev–Trinajstić information content (AvgIpc) is 2.68.